The molecule has 2 heterocycles. The van der Waals surface area contributed by atoms with Crippen LogP contribution in [0.4, 0.5) is 5.69 Å². The fraction of sp³-hybridized carbons (Fsp3) is 0.250. The van der Waals surface area contributed by atoms with E-state index in [1.165, 1.54) is 12.0 Å². The number of fused-ring (bicyclic) bond motifs is 1. The lowest BCUT2D eigenvalue weighted by Gasteiger charge is -2.33. The van der Waals surface area contributed by atoms with E-state index in [1.54, 1.807) is 62.8 Å². The summed E-state index contributed by atoms with van der Waals surface area (Å²) < 4.78 is 15.8. The van der Waals surface area contributed by atoms with Crippen LogP contribution in [0.25, 0.3) is 0 Å². The number of benzene rings is 3. The third-order valence-corrected chi connectivity index (χ3v) is 7.10. The largest absolute Gasteiger partial charge is 0.497 e. The Kier molecular flexibility index (Phi) is 5.97. The maximum Gasteiger partial charge on any atom is 0.331 e. The van der Waals surface area contributed by atoms with Gasteiger partial charge in [0.25, 0.3) is 0 Å². The van der Waals surface area contributed by atoms with Crippen LogP contribution in [0.15, 0.2) is 78.9 Å². The van der Waals surface area contributed by atoms with Crippen molar-refractivity contribution in [3.8, 4) is 11.5 Å². The highest BCUT2D eigenvalue weighted by atomic mass is 16.5. The van der Waals surface area contributed by atoms with Gasteiger partial charge in [-0.2, -0.15) is 0 Å². The topological polar surface area (TPSA) is 94.2 Å². The van der Waals surface area contributed by atoms with E-state index in [2.05, 4.69) is 5.32 Å². The van der Waals surface area contributed by atoms with E-state index in [0.717, 1.165) is 5.56 Å². The average Bonchev–Trinajstić information content (AvgIpc) is 3.43. The van der Waals surface area contributed by atoms with Crippen molar-refractivity contribution in [1.82, 2.24) is 5.32 Å². The first-order valence-electron chi connectivity index (χ1n) is 11.5. The summed E-state index contributed by atoms with van der Waals surface area (Å²) in [6.07, 6.45) is 0. The van der Waals surface area contributed by atoms with Crippen LogP contribution in [0.1, 0.15) is 17.2 Å². The number of carbonyl (C=O) groups excluding carboxylic acids is 3. The first-order chi connectivity index (χ1) is 17.5. The molecule has 0 saturated carbocycles. The molecular formula is C28H26N2O6. The van der Waals surface area contributed by atoms with Crippen LogP contribution in [-0.4, -0.2) is 39.1 Å². The van der Waals surface area contributed by atoms with Gasteiger partial charge in [-0.1, -0.05) is 42.5 Å². The molecule has 2 saturated heterocycles. The predicted octanol–water partition coefficient (Wildman–Crippen LogP) is 3.22. The lowest BCUT2D eigenvalue weighted by molar-refractivity contribution is -0.152. The predicted molar refractivity (Wildman–Crippen MR) is 131 cm³/mol. The number of carbonyl (C=O) groups is 3. The molecule has 4 atom stereocenters. The minimum absolute atomic E-state index is 0.379. The highest BCUT2D eigenvalue weighted by molar-refractivity contribution is 6.24. The number of hydrogen-bond donors (Lipinski definition) is 1. The standard InChI is InChI=1S/C28H26N2O6/c1-34-20-13-9-18(10-14-20)28(27(33)36-3)23-22(24(29-28)17-7-5-4-6-8-17)25(31)30(26(23)32)19-11-15-21(35-2)16-12-19/h4-16,22-24,29H,1-3H3/t22-,23+,24-,28+/m0/s1. The van der Waals surface area contributed by atoms with Gasteiger partial charge in [-0.3, -0.25) is 14.9 Å². The molecular weight excluding hydrogens is 460 g/mol. The van der Waals surface area contributed by atoms with E-state index in [1.807, 2.05) is 30.3 Å². The van der Waals surface area contributed by atoms with Gasteiger partial charge in [-0.25, -0.2) is 9.69 Å². The maximum absolute atomic E-state index is 14.1. The summed E-state index contributed by atoms with van der Waals surface area (Å²) >= 11 is 0. The molecule has 0 radical (unpaired) electrons. The van der Waals surface area contributed by atoms with Gasteiger partial charge in [-0.05, 0) is 47.5 Å². The second-order valence-corrected chi connectivity index (χ2v) is 8.77. The fourth-order valence-electron chi connectivity index (χ4n) is 5.43. The molecule has 0 aromatic heterocycles. The fourth-order valence-corrected chi connectivity index (χ4v) is 5.43. The van der Waals surface area contributed by atoms with Crippen LogP contribution in [0.5, 0.6) is 11.5 Å². The van der Waals surface area contributed by atoms with Crippen LogP contribution < -0.4 is 19.7 Å². The quantitative estimate of drug-likeness (QED) is 0.422. The van der Waals surface area contributed by atoms with Gasteiger partial charge >= 0.3 is 5.97 Å². The van der Waals surface area contributed by atoms with Gasteiger partial charge in [0.1, 0.15) is 11.5 Å². The second kappa shape index (κ2) is 9.13. The first kappa shape index (κ1) is 23.6. The monoisotopic (exact) mass is 486 g/mol. The zero-order valence-corrected chi connectivity index (χ0v) is 20.1. The number of imide groups is 1. The molecule has 3 aromatic carbocycles. The third kappa shape index (κ3) is 3.45. The molecule has 5 rings (SSSR count). The molecule has 36 heavy (non-hydrogen) atoms. The molecule has 0 aliphatic carbocycles. The molecule has 2 fully saturated rings. The number of rotatable bonds is 6. The first-order valence-corrected chi connectivity index (χ1v) is 11.5. The number of nitrogens with one attached hydrogen (secondary N) is 1. The number of hydrogen-bond acceptors (Lipinski definition) is 7. The van der Waals surface area contributed by atoms with E-state index in [4.69, 9.17) is 14.2 Å². The lowest BCUT2D eigenvalue weighted by Crippen LogP contribution is -2.53. The van der Waals surface area contributed by atoms with Gasteiger partial charge in [0, 0.05) is 6.04 Å². The van der Waals surface area contributed by atoms with Gasteiger partial charge in [0.15, 0.2) is 5.54 Å². The summed E-state index contributed by atoms with van der Waals surface area (Å²) in [5, 5.41) is 3.37. The van der Waals surface area contributed by atoms with Crippen molar-refractivity contribution >= 4 is 23.5 Å². The van der Waals surface area contributed by atoms with E-state index < -0.39 is 35.3 Å². The van der Waals surface area contributed by atoms with Crippen LogP contribution >= 0.6 is 0 Å². The molecule has 0 unspecified atom stereocenters. The normalized spacial score (nSPS) is 25.0. The highest BCUT2D eigenvalue weighted by Crippen LogP contribution is 2.54. The van der Waals surface area contributed by atoms with Crippen molar-refractivity contribution in [2.45, 2.75) is 11.6 Å². The summed E-state index contributed by atoms with van der Waals surface area (Å²) in [7, 11) is 4.37. The van der Waals surface area contributed by atoms with Crippen LogP contribution in [0, 0.1) is 11.8 Å². The summed E-state index contributed by atoms with van der Waals surface area (Å²) in [5.41, 5.74) is 0.145. The van der Waals surface area contributed by atoms with Gasteiger partial charge < -0.3 is 14.2 Å². The highest BCUT2D eigenvalue weighted by Gasteiger charge is 2.69. The third-order valence-electron chi connectivity index (χ3n) is 7.10. The van der Waals surface area contributed by atoms with Crippen molar-refractivity contribution < 1.29 is 28.6 Å². The van der Waals surface area contributed by atoms with E-state index >= 15 is 0 Å². The molecule has 2 aliphatic rings. The van der Waals surface area contributed by atoms with Crippen molar-refractivity contribution in [3.05, 3.63) is 90.0 Å². The Morgan fingerprint density at radius 3 is 1.94 bits per heavy atom. The molecule has 8 heteroatoms. The Hall–Kier alpha value is -4.17. The number of methoxy groups -OCH3 is 3. The van der Waals surface area contributed by atoms with Crippen molar-refractivity contribution in [1.29, 1.82) is 0 Å². The van der Waals surface area contributed by atoms with Crippen molar-refractivity contribution in [2.24, 2.45) is 11.8 Å². The van der Waals surface area contributed by atoms with Gasteiger partial charge in [0.05, 0.1) is 38.9 Å². The maximum atomic E-state index is 14.1. The summed E-state index contributed by atoms with van der Waals surface area (Å²) in [5.74, 6) is -2.15. The van der Waals surface area contributed by atoms with Crippen LogP contribution in [0.3, 0.4) is 0 Å². The molecule has 0 bridgehead atoms. The zero-order chi connectivity index (χ0) is 25.4. The van der Waals surface area contributed by atoms with Crippen molar-refractivity contribution in [3.63, 3.8) is 0 Å². The average molecular weight is 487 g/mol. The Balaban J connectivity index is 1.69. The van der Waals surface area contributed by atoms with Gasteiger partial charge in [-0.15, -0.1) is 0 Å². The lowest BCUT2D eigenvalue weighted by atomic mass is 9.75. The molecule has 3 aromatic rings. The Morgan fingerprint density at radius 2 is 1.39 bits per heavy atom. The second-order valence-electron chi connectivity index (χ2n) is 8.77. The molecule has 2 aliphatic heterocycles. The van der Waals surface area contributed by atoms with Crippen LogP contribution in [0.2, 0.25) is 0 Å². The SMILES string of the molecule is COC(=O)[C@]1(c2ccc(OC)cc2)N[C@@H](c2ccccc2)[C@H]2C(=O)N(c3ccc(OC)cc3)C(=O)[C@@H]21. The van der Waals surface area contributed by atoms with Crippen molar-refractivity contribution in [2.75, 3.05) is 26.2 Å². The minimum Gasteiger partial charge on any atom is -0.497 e. The Labute approximate surface area is 208 Å². The van der Waals surface area contributed by atoms with Crippen LogP contribution in [-0.2, 0) is 24.7 Å². The zero-order valence-electron chi connectivity index (χ0n) is 20.1. The number of amides is 2. The minimum atomic E-state index is -1.58. The summed E-state index contributed by atoms with van der Waals surface area (Å²) in [4.78, 5) is 42.7. The smallest absolute Gasteiger partial charge is 0.331 e. The molecule has 8 nitrogen and oxygen atoms in total. The van der Waals surface area contributed by atoms with E-state index in [-0.39, 0.29) is 5.91 Å². The number of nitrogens with zero attached hydrogens (tertiary/aromatic N) is 1. The Bertz CT molecular complexity index is 1290. The van der Waals surface area contributed by atoms with Gasteiger partial charge in [0.2, 0.25) is 11.8 Å². The number of ether oxygens (including phenoxy) is 3. The molecule has 1 N–H and O–H groups in total. The van der Waals surface area contributed by atoms with E-state index in [0.29, 0.717) is 22.7 Å². The number of anilines is 1. The molecule has 2 amide bonds. The molecule has 0 spiro atoms. The molecule has 184 valence electrons. The van der Waals surface area contributed by atoms with E-state index in [9.17, 15) is 14.4 Å². The summed E-state index contributed by atoms with van der Waals surface area (Å²) in [6, 6.07) is 22.3. The Morgan fingerprint density at radius 1 is 0.806 bits per heavy atom. The summed E-state index contributed by atoms with van der Waals surface area (Å²) in [6.45, 7) is 0. The number of esters is 1.